The predicted molar refractivity (Wildman–Crippen MR) is 201 cm³/mol. The molecule has 0 aliphatic carbocycles. The van der Waals surface area contributed by atoms with Gasteiger partial charge in [0.1, 0.15) is 17.2 Å². The molecule has 4 rings (SSSR count). The third-order valence-electron chi connectivity index (χ3n) is 9.05. The molecule has 1 fully saturated rings. The average molecular weight is 751 g/mol. The number of esters is 1. The molecule has 54 heavy (non-hydrogen) atoms. The van der Waals surface area contributed by atoms with Gasteiger partial charge in [-0.05, 0) is 107 Å². The zero-order chi connectivity index (χ0) is 40.1. The quantitative estimate of drug-likeness (QED) is 0.190. The summed E-state index contributed by atoms with van der Waals surface area (Å²) < 4.78 is 42.9. The normalized spacial score (nSPS) is 14.3. The SMILES string of the molecule is CCOC(=O)C[C@H](NC(=O)[C@H](CC(C)C)NC(=O)c1cccn(CC2CN(C(=O)OC(C)(C)C)C2)c1=O)c1cc(-c2c(C)cc(C)cc2C)cc(F)c1F. The number of ether oxygens (including phenoxy) is 2. The Labute approximate surface area is 315 Å². The minimum absolute atomic E-state index is 0.0293. The highest BCUT2D eigenvalue weighted by atomic mass is 19.2. The average Bonchev–Trinajstić information content (AvgIpc) is 3.02. The second-order valence-electron chi connectivity index (χ2n) is 15.5. The van der Waals surface area contributed by atoms with Gasteiger partial charge in [0, 0.05) is 37.3 Å². The van der Waals surface area contributed by atoms with Gasteiger partial charge in [-0.2, -0.15) is 0 Å². The van der Waals surface area contributed by atoms with Crippen molar-refractivity contribution in [2.45, 2.75) is 99.4 Å². The molecule has 2 heterocycles. The highest BCUT2D eigenvalue weighted by Crippen LogP contribution is 2.34. The molecule has 3 aromatic rings. The molecule has 0 radical (unpaired) electrons. The van der Waals surface area contributed by atoms with Crippen LogP contribution in [0, 0.1) is 44.2 Å². The Morgan fingerprint density at radius 3 is 2.22 bits per heavy atom. The van der Waals surface area contributed by atoms with Crippen LogP contribution in [0.25, 0.3) is 11.1 Å². The van der Waals surface area contributed by atoms with Crippen molar-refractivity contribution in [3.63, 3.8) is 0 Å². The molecule has 0 saturated carbocycles. The summed E-state index contributed by atoms with van der Waals surface area (Å²) in [6.45, 7) is 17.3. The maximum absolute atomic E-state index is 15.7. The highest BCUT2D eigenvalue weighted by Gasteiger charge is 2.35. The third-order valence-corrected chi connectivity index (χ3v) is 9.05. The zero-order valence-corrected chi connectivity index (χ0v) is 32.6. The second-order valence-corrected chi connectivity index (χ2v) is 15.5. The topological polar surface area (TPSA) is 136 Å². The van der Waals surface area contributed by atoms with Crippen LogP contribution >= 0.6 is 0 Å². The minimum Gasteiger partial charge on any atom is -0.466 e. The summed E-state index contributed by atoms with van der Waals surface area (Å²) in [6, 6.07) is 6.70. The Kier molecular flexibility index (Phi) is 13.4. The van der Waals surface area contributed by atoms with Crippen LogP contribution in [-0.2, 0) is 25.6 Å². The van der Waals surface area contributed by atoms with Gasteiger partial charge < -0.3 is 29.6 Å². The van der Waals surface area contributed by atoms with E-state index in [-0.39, 0.29) is 42.5 Å². The first kappa shape index (κ1) is 41.7. The second kappa shape index (κ2) is 17.4. The summed E-state index contributed by atoms with van der Waals surface area (Å²) in [5.74, 6) is -4.84. The number of hydrogen-bond donors (Lipinski definition) is 2. The largest absolute Gasteiger partial charge is 0.466 e. The molecule has 0 spiro atoms. The number of hydrogen-bond acceptors (Lipinski definition) is 7. The van der Waals surface area contributed by atoms with Crippen molar-refractivity contribution in [3.05, 3.63) is 92.4 Å². The molecular formula is C41H52F2N4O7. The molecule has 0 bridgehead atoms. The van der Waals surface area contributed by atoms with E-state index < -0.39 is 65.2 Å². The molecular weight excluding hydrogens is 698 g/mol. The number of aromatic nitrogens is 1. The molecule has 1 aromatic heterocycles. The number of halogens is 2. The van der Waals surface area contributed by atoms with Crippen LogP contribution in [0.5, 0.6) is 0 Å². The Morgan fingerprint density at radius 2 is 1.63 bits per heavy atom. The zero-order valence-electron chi connectivity index (χ0n) is 32.6. The number of aryl methyl sites for hydroxylation is 3. The van der Waals surface area contributed by atoms with Crippen LogP contribution in [0.3, 0.4) is 0 Å². The molecule has 0 unspecified atom stereocenters. The summed E-state index contributed by atoms with van der Waals surface area (Å²) >= 11 is 0. The molecule has 292 valence electrons. The van der Waals surface area contributed by atoms with Gasteiger partial charge in [-0.15, -0.1) is 0 Å². The number of likely N-dealkylation sites (tertiary alicyclic amines) is 1. The van der Waals surface area contributed by atoms with Crippen molar-refractivity contribution in [2.75, 3.05) is 19.7 Å². The fourth-order valence-electron chi connectivity index (χ4n) is 6.77. The van der Waals surface area contributed by atoms with E-state index >= 15 is 8.78 Å². The summed E-state index contributed by atoms with van der Waals surface area (Å²) in [6.07, 6.45) is 0.736. The standard InChI is InChI=1S/C41H52F2N4O7/c1-10-53-34(48)19-32(30-17-28(18-31(42)36(30)43)35-25(5)15-24(4)16-26(35)6)44-38(50)33(14-23(2)3)45-37(49)29-12-11-13-46(39(29)51)20-27-21-47(22-27)40(52)54-41(7,8)9/h11-13,15-18,23,27,32-33H,10,14,19-22H2,1-9H3,(H,44,50)(H,45,49)/t32-,33-/m0/s1. The Morgan fingerprint density at radius 1 is 0.981 bits per heavy atom. The maximum atomic E-state index is 15.7. The van der Waals surface area contributed by atoms with Gasteiger partial charge in [0.15, 0.2) is 11.6 Å². The van der Waals surface area contributed by atoms with Crippen molar-refractivity contribution < 1.29 is 37.4 Å². The van der Waals surface area contributed by atoms with E-state index in [9.17, 15) is 24.0 Å². The fraction of sp³-hybridized carbons (Fsp3) is 0.488. The van der Waals surface area contributed by atoms with Crippen LogP contribution in [0.15, 0.2) is 47.4 Å². The molecule has 1 saturated heterocycles. The van der Waals surface area contributed by atoms with Crippen LogP contribution < -0.4 is 16.2 Å². The molecule has 13 heteroatoms. The van der Waals surface area contributed by atoms with Crippen LogP contribution in [0.4, 0.5) is 13.6 Å². The van der Waals surface area contributed by atoms with Crippen molar-refractivity contribution in [2.24, 2.45) is 11.8 Å². The van der Waals surface area contributed by atoms with Crippen LogP contribution in [0.1, 0.15) is 93.0 Å². The van der Waals surface area contributed by atoms with Crippen molar-refractivity contribution >= 4 is 23.9 Å². The number of amides is 3. The highest BCUT2D eigenvalue weighted by molar-refractivity contribution is 5.97. The van der Waals surface area contributed by atoms with E-state index in [1.165, 1.54) is 16.7 Å². The van der Waals surface area contributed by atoms with E-state index in [0.29, 0.717) is 24.2 Å². The van der Waals surface area contributed by atoms with E-state index in [4.69, 9.17) is 9.47 Å². The van der Waals surface area contributed by atoms with Gasteiger partial charge in [0.2, 0.25) is 5.91 Å². The monoisotopic (exact) mass is 750 g/mol. The Bertz CT molecular complexity index is 1920. The first-order valence-electron chi connectivity index (χ1n) is 18.3. The van der Waals surface area contributed by atoms with Gasteiger partial charge in [0.25, 0.3) is 11.5 Å². The van der Waals surface area contributed by atoms with Gasteiger partial charge in [-0.1, -0.05) is 31.5 Å². The molecule has 2 N–H and O–H groups in total. The maximum Gasteiger partial charge on any atom is 0.410 e. The lowest BCUT2D eigenvalue weighted by atomic mass is 9.90. The van der Waals surface area contributed by atoms with Crippen molar-refractivity contribution in [1.82, 2.24) is 20.1 Å². The van der Waals surface area contributed by atoms with E-state index in [1.54, 1.807) is 44.9 Å². The van der Waals surface area contributed by atoms with Crippen molar-refractivity contribution in [1.29, 1.82) is 0 Å². The number of nitrogens with zero attached hydrogens (tertiary/aromatic N) is 2. The number of pyridine rings is 1. The van der Waals surface area contributed by atoms with E-state index in [1.807, 2.05) is 46.8 Å². The van der Waals surface area contributed by atoms with Gasteiger partial charge >= 0.3 is 12.1 Å². The molecule has 2 atom stereocenters. The number of rotatable bonds is 13. The molecule has 3 amide bonds. The first-order chi connectivity index (χ1) is 25.3. The number of carbonyl (C=O) groups is 4. The molecule has 2 aromatic carbocycles. The lowest BCUT2D eigenvalue weighted by Crippen LogP contribution is -2.53. The van der Waals surface area contributed by atoms with Gasteiger partial charge in [0.05, 0.1) is 19.1 Å². The van der Waals surface area contributed by atoms with E-state index in [0.717, 1.165) is 22.8 Å². The summed E-state index contributed by atoms with van der Waals surface area (Å²) in [5.41, 5.74) is 2.07. The third kappa shape index (κ3) is 10.5. The summed E-state index contributed by atoms with van der Waals surface area (Å²) in [4.78, 5) is 67.7. The van der Waals surface area contributed by atoms with E-state index in [2.05, 4.69) is 10.6 Å². The number of carbonyl (C=O) groups excluding carboxylic acids is 4. The Balaban J connectivity index is 1.58. The lowest BCUT2D eigenvalue weighted by Gasteiger charge is -2.40. The van der Waals surface area contributed by atoms with Gasteiger partial charge in [-0.25, -0.2) is 13.6 Å². The molecule has 1 aliphatic heterocycles. The van der Waals surface area contributed by atoms with Crippen LogP contribution in [-0.4, -0.2) is 64.7 Å². The predicted octanol–water partition coefficient (Wildman–Crippen LogP) is 6.54. The number of benzene rings is 2. The van der Waals surface area contributed by atoms with Gasteiger partial charge in [-0.3, -0.25) is 19.2 Å². The fourth-order valence-corrected chi connectivity index (χ4v) is 6.77. The van der Waals surface area contributed by atoms with Crippen molar-refractivity contribution in [3.8, 4) is 11.1 Å². The first-order valence-corrected chi connectivity index (χ1v) is 18.3. The summed E-state index contributed by atoms with van der Waals surface area (Å²) in [5, 5.41) is 5.34. The minimum atomic E-state index is -1.36. The Hall–Kier alpha value is -5.07. The van der Waals surface area contributed by atoms with Crippen LogP contribution in [0.2, 0.25) is 0 Å². The smallest absolute Gasteiger partial charge is 0.410 e. The number of nitrogens with one attached hydrogen (secondary N) is 2. The molecule has 11 nitrogen and oxygen atoms in total. The lowest BCUT2D eigenvalue weighted by molar-refractivity contribution is -0.144. The molecule has 1 aliphatic rings. The summed E-state index contributed by atoms with van der Waals surface area (Å²) in [7, 11) is 0.